The summed E-state index contributed by atoms with van der Waals surface area (Å²) in [6.45, 7) is 4.01. The number of nitrogens with zero attached hydrogens (tertiary/aromatic N) is 1. The number of anilines is 1. The highest BCUT2D eigenvalue weighted by Gasteiger charge is 2.60. The third kappa shape index (κ3) is 3.16. The van der Waals surface area contributed by atoms with Gasteiger partial charge in [-0.3, -0.25) is 14.4 Å². The van der Waals surface area contributed by atoms with E-state index in [4.69, 9.17) is 14.2 Å². The molecule has 0 saturated carbocycles. The van der Waals surface area contributed by atoms with Crippen molar-refractivity contribution in [3.05, 3.63) is 89.0 Å². The number of hydrogen-bond donors (Lipinski definition) is 0. The van der Waals surface area contributed by atoms with Crippen LogP contribution in [0.1, 0.15) is 28.2 Å². The average Bonchev–Trinajstić information content (AvgIpc) is 3.46. The van der Waals surface area contributed by atoms with E-state index in [1.165, 1.54) is 4.90 Å². The predicted molar refractivity (Wildman–Crippen MR) is 134 cm³/mol. The minimum atomic E-state index is -0.883. The van der Waals surface area contributed by atoms with Gasteiger partial charge in [-0.1, -0.05) is 42.0 Å². The number of carbonyl (C=O) groups is 3. The molecule has 2 amide bonds. The molecular formula is C30H23NO6. The first-order valence-electron chi connectivity index (χ1n) is 12.3. The average molecular weight is 494 g/mol. The summed E-state index contributed by atoms with van der Waals surface area (Å²) >= 11 is 0. The summed E-state index contributed by atoms with van der Waals surface area (Å²) in [5, 5.41) is 0. The van der Waals surface area contributed by atoms with E-state index in [0.717, 1.165) is 27.8 Å². The first-order valence-corrected chi connectivity index (χ1v) is 12.3. The third-order valence-corrected chi connectivity index (χ3v) is 7.82. The van der Waals surface area contributed by atoms with Gasteiger partial charge in [0.2, 0.25) is 18.6 Å². The molecule has 184 valence electrons. The van der Waals surface area contributed by atoms with Crippen molar-refractivity contribution in [1.82, 2.24) is 0 Å². The van der Waals surface area contributed by atoms with Crippen molar-refractivity contribution in [3.8, 4) is 17.2 Å². The highest BCUT2D eigenvalue weighted by molar-refractivity contribution is 6.24. The second-order valence-electron chi connectivity index (χ2n) is 10.1. The lowest BCUT2D eigenvalue weighted by Crippen LogP contribution is -2.42. The third-order valence-electron chi connectivity index (χ3n) is 7.82. The van der Waals surface area contributed by atoms with Gasteiger partial charge in [0.1, 0.15) is 5.75 Å². The Balaban J connectivity index is 1.42. The summed E-state index contributed by atoms with van der Waals surface area (Å²) < 4.78 is 16.8. The molecule has 3 aliphatic heterocycles. The van der Waals surface area contributed by atoms with E-state index in [-0.39, 0.29) is 18.6 Å². The van der Waals surface area contributed by atoms with Crippen molar-refractivity contribution < 1.29 is 28.6 Å². The van der Waals surface area contributed by atoms with E-state index in [2.05, 4.69) is 0 Å². The maximum atomic E-state index is 14.0. The fraction of sp³-hybridized carbons (Fsp3) is 0.233. The molecule has 3 aromatic carbocycles. The number of aryl methyl sites for hydroxylation is 2. The highest BCUT2D eigenvalue weighted by atomic mass is 16.7. The number of allylic oxidation sites excluding steroid dienone is 1. The van der Waals surface area contributed by atoms with E-state index in [0.29, 0.717) is 22.9 Å². The molecule has 0 spiro atoms. The number of rotatable bonds is 2. The van der Waals surface area contributed by atoms with Crippen LogP contribution in [0.3, 0.4) is 0 Å². The summed E-state index contributed by atoms with van der Waals surface area (Å²) in [6.07, 6.45) is 1.97. The Labute approximate surface area is 213 Å². The van der Waals surface area contributed by atoms with Crippen LogP contribution >= 0.6 is 0 Å². The van der Waals surface area contributed by atoms with Gasteiger partial charge < -0.3 is 14.2 Å². The Kier molecular flexibility index (Phi) is 4.61. The Bertz CT molecular complexity index is 1540. The fourth-order valence-electron chi connectivity index (χ4n) is 6.06. The maximum Gasteiger partial charge on any atom is 0.319 e. The number of ether oxygens (including phenoxy) is 3. The molecule has 1 aliphatic carbocycles. The van der Waals surface area contributed by atoms with E-state index in [1.54, 1.807) is 12.1 Å². The van der Waals surface area contributed by atoms with Crippen LogP contribution < -0.4 is 19.1 Å². The zero-order valence-electron chi connectivity index (χ0n) is 20.3. The Morgan fingerprint density at radius 3 is 2.30 bits per heavy atom. The van der Waals surface area contributed by atoms with Crippen LogP contribution in [0, 0.1) is 31.6 Å². The summed E-state index contributed by atoms with van der Waals surface area (Å²) in [6, 6.07) is 18.6. The number of esters is 1. The molecule has 1 saturated heterocycles. The molecule has 4 atom stereocenters. The normalized spacial score (nSPS) is 25.3. The van der Waals surface area contributed by atoms with Crippen LogP contribution in [-0.2, 0) is 14.4 Å². The molecule has 7 heteroatoms. The smallest absolute Gasteiger partial charge is 0.319 e. The van der Waals surface area contributed by atoms with Crippen molar-refractivity contribution >= 4 is 29.0 Å². The van der Waals surface area contributed by atoms with Gasteiger partial charge in [0, 0.05) is 11.5 Å². The molecule has 0 N–H and O–H groups in total. The van der Waals surface area contributed by atoms with Gasteiger partial charge in [-0.05, 0) is 60.9 Å². The molecule has 37 heavy (non-hydrogen) atoms. The predicted octanol–water partition coefficient (Wildman–Crippen LogP) is 4.55. The largest absolute Gasteiger partial charge is 0.454 e. The molecule has 0 aromatic heterocycles. The number of carbonyl (C=O) groups excluding carboxylic acids is 3. The standard InChI is InChI=1S/C30H23NO6/c1-15-3-7-18(8-4-15)31-28(32)25-20(17-6-10-22-24(12-17)36-14-35-22)13-21-19-9-5-16(2)11-23(19)37-30(34)26(21)27(25)29(31)33/h3-13,20,25-27H,14H2,1-2H3/t20-,25+,26-,27+/m1/s1. The molecule has 1 fully saturated rings. The lowest BCUT2D eigenvalue weighted by molar-refractivity contribution is -0.142. The second-order valence-corrected chi connectivity index (χ2v) is 10.1. The lowest BCUT2D eigenvalue weighted by atomic mass is 9.64. The van der Waals surface area contributed by atoms with Crippen LogP contribution in [0.2, 0.25) is 0 Å². The van der Waals surface area contributed by atoms with Crippen molar-refractivity contribution in [2.75, 3.05) is 11.7 Å². The van der Waals surface area contributed by atoms with Crippen LogP contribution in [-0.4, -0.2) is 24.6 Å². The maximum absolute atomic E-state index is 14.0. The van der Waals surface area contributed by atoms with Gasteiger partial charge in [0.25, 0.3) is 0 Å². The molecule has 7 rings (SSSR count). The quantitative estimate of drug-likeness (QED) is 0.296. The van der Waals surface area contributed by atoms with E-state index >= 15 is 0 Å². The summed E-state index contributed by atoms with van der Waals surface area (Å²) in [5.41, 5.74) is 4.80. The van der Waals surface area contributed by atoms with Crippen molar-refractivity contribution in [2.24, 2.45) is 17.8 Å². The van der Waals surface area contributed by atoms with E-state index in [1.807, 2.05) is 68.5 Å². The van der Waals surface area contributed by atoms with Gasteiger partial charge in [-0.2, -0.15) is 0 Å². The zero-order chi connectivity index (χ0) is 25.4. The van der Waals surface area contributed by atoms with Gasteiger partial charge in [0.15, 0.2) is 11.5 Å². The molecule has 4 aliphatic rings. The summed E-state index contributed by atoms with van der Waals surface area (Å²) in [7, 11) is 0. The minimum absolute atomic E-state index is 0.135. The van der Waals surface area contributed by atoms with E-state index < -0.39 is 29.6 Å². The van der Waals surface area contributed by atoms with Crippen LogP contribution in [0.4, 0.5) is 5.69 Å². The van der Waals surface area contributed by atoms with Gasteiger partial charge in [0.05, 0.1) is 23.4 Å². The molecule has 0 bridgehead atoms. The van der Waals surface area contributed by atoms with Gasteiger partial charge >= 0.3 is 5.97 Å². The van der Waals surface area contributed by atoms with Crippen LogP contribution in [0.25, 0.3) is 5.57 Å². The Hall–Kier alpha value is -4.39. The zero-order valence-corrected chi connectivity index (χ0v) is 20.3. The number of hydrogen-bond acceptors (Lipinski definition) is 6. The van der Waals surface area contributed by atoms with Crippen molar-refractivity contribution in [1.29, 1.82) is 0 Å². The molecule has 7 nitrogen and oxygen atoms in total. The number of amides is 2. The monoisotopic (exact) mass is 493 g/mol. The highest BCUT2D eigenvalue weighted by Crippen LogP contribution is 2.55. The topological polar surface area (TPSA) is 82.1 Å². The Morgan fingerprint density at radius 1 is 0.757 bits per heavy atom. The van der Waals surface area contributed by atoms with Crippen molar-refractivity contribution in [3.63, 3.8) is 0 Å². The van der Waals surface area contributed by atoms with E-state index in [9.17, 15) is 14.4 Å². The number of imide groups is 1. The SMILES string of the molecule is Cc1ccc(N2C(=O)[C@@H]3[C@@H]4C(=O)Oc5cc(C)ccc5C4=C[C@H](c4ccc5c(c4)OCO5)[C@@H]3C2=O)cc1. The lowest BCUT2D eigenvalue weighted by Gasteiger charge is -2.38. The molecule has 3 heterocycles. The Morgan fingerprint density at radius 2 is 1.49 bits per heavy atom. The van der Waals surface area contributed by atoms with Gasteiger partial charge in [-0.15, -0.1) is 0 Å². The van der Waals surface area contributed by atoms with Crippen LogP contribution in [0.5, 0.6) is 17.2 Å². The molecule has 3 aromatic rings. The summed E-state index contributed by atoms with van der Waals surface area (Å²) in [4.78, 5) is 42.6. The summed E-state index contributed by atoms with van der Waals surface area (Å²) in [5.74, 6) is -2.45. The second kappa shape index (κ2) is 7.80. The first-order chi connectivity index (χ1) is 17.9. The molecule has 0 radical (unpaired) electrons. The number of fused-ring (bicyclic) bond motifs is 6. The minimum Gasteiger partial charge on any atom is -0.454 e. The molecular weight excluding hydrogens is 470 g/mol. The molecule has 0 unspecified atom stereocenters. The fourth-order valence-corrected chi connectivity index (χ4v) is 6.06. The van der Waals surface area contributed by atoms with Crippen molar-refractivity contribution in [2.45, 2.75) is 19.8 Å². The van der Waals surface area contributed by atoms with Crippen LogP contribution in [0.15, 0.2) is 66.7 Å². The first kappa shape index (κ1) is 21.9. The van der Waals surface area contributed by atoms with Gasteiger partial charge in [-0.25, -0.2) is 4.90 Å². The number of benzene rings is 3.